The van der Waals surface area contributed by atoms with Crippen molar-refractivity contribution in [3.05, 3.63) is 35.9 Å². The van der Waals surface area contributed by atoms with Crippen LogP contribution in [-0.4, -0.2) is 27.4 Å². The molecule has 2 aromatic rings. The number of alkyl halides is 2. The number of pyridine rings is 1. The Morgan fingerprint density at radius 3 is 2.76 bits per heavy atom. The van der Waals surface area contributed by atoms with E-state index in [1.165, 1.54) is 13.1 Å². The van der Waals surface area contributed by atoms with Gasteiger partial charge >= 0.3 is 5.92 Å². The lowest BCUT2D eigenvalue weighted by atomic mass is 10.0. The van der Waals surface area contributed by atoms with Crippen molar-refractivity contribution < 1.29 is 13.6 Å². The Morgan fingerprint density at radius 1 is 1.36 bits per heavy atom. The molecular formula is C17H17F2N5O. The molecule has 1 aliphatic heterocycles. The van der Waals surface area contributed by atoms with Gasteiger partial charge in [0.15, 0.2) is 0 Å². The Hall–Kier alpha value is -2.64. The van der Waals surface area contributed by atoms with Crippen LogP contribution in [-0.2, 0) is 16.1 Å². The van der Waals surface area contributed by atoms with E-state index >= 15 is 0 Å². The smallest absolute Gasteiger partial charge is 0.303 e. The number of hydrogen-bond acceptors (Lipinski definition) is 5. The molecule has 0 aromatic carbocycles. The fourth-order valence-corrected chi connectivity index (χ4v) is 3.29. The Bertz CT molecular complexity index is 860. The second-order valence-electron chi connectivity index (χ2n) is 6.76. The van der Waals surface area contributed by atoms with Gasteiger partial charge in [-0.25, -0.2) is 15.0 Å². The predicted octanol–water partition coefficient (Wildman–Crippen LogP) is 3.13. The van der Waals surface area contributed by atoms with Crippen molar-refractivity contribution in [2.45, 2.75) is 38.0 Å². The number of fused-ring (bicyclic) bond motifs is 2. The van der Waals surface area contributed by atoms with Crippen molar-refractivity contribution in [1.82, 2.24) is 15.0 Å². The van der Waals surface area contributed by atoms with Crippen LogP contribution in [0.25, 0.3) is 0 Å². The van der Waals surface area contributed by atoms with Gasteiger partial charge in [0.25, 0.3) is 0 Å². The molecule has 0 unspecified atom stereocenters. The first-order valence-electron chi connectivity index (χ1n) is 8.06. The van der Waals surface area contributed by atoms with Crippen LogP contribution in [0.5, 0.6) is 0 Å². The van der Waals surface area contributed by atoms with E-state index in [0.717, 1.165) is 31.0 Å². The van der Waals surface area contributed by atoms with E-state index in [2.05, 4.69) is 20.3 Å². The van der Waals surface area contributed by atoms with Gasteiger partial charge in [-0.2, -0.15) is 8.78 Å². The minimum absolute atomic E-state index is 0.0108. The minimum atomic E-state index is -3.10. The number of anilines is 3. The number of nitrogens with zero attached hydrogens (tertiary/aromatic N) is 4. The fourth-order valence-electron chi connectivity index (χ4n) is 3.29. The summed E-state index contributed by atoms with van der Waals surface area (Å²) in [6, 6.07) is 3.40. The van der Waals surface area contributed by atoms with E-state index in [1.807, 2.05) is 4.90 Å². The lowest BCUT2D eigenvalue weighted by Gasteiger charge is -2.20. The van der Waals surface area contributed by atoms with Gasteiger partial charge in [-0.05, 0) is 18.9 Å². The molecule has 2 aromatic heterocycles. The van der Waals surface area contributed by atoms with Crippen molar-refractivity contribution in [3.63, 3.8) is 0 Å². The molecule has 1 saturated carbocycles. The summed E-state index contributed by atoms with van der Waals surface area (Å²) in [5, 5.41) is 2.66. The topological polar surface area (TPSA) is 71.0 Å². The Morgan fingerprint density at radius 2 is 2.12 bits per heavy atom. The van der Waals surface area contributed by atoms with Crippen molar-refractivity contribution in [1.29, 1.82) is 0 Å². The number of hydrogen-bond donors (Lipinski definition) is 1. The maximum atomic E-state index is 13.6. The van der Waals surface area contributed by atoms with E-state index in [0.29, 0.717) is 18.2 Å². The summed E-state index contributed by atoms with van der Waals surface area (Å²) in [5.74, 6) is -2.96. The largest absolute Gasteiger partial charge is 0.325 e. The van der Waals surface area contributed by atoms with Crippen LogP contribution in [0.1, 0.15) is 38.1 Å². The van der Waals surface area contributed by atoms with Gasteiger partial charge in [-0.1, -0.05) is 0 Å². The van der Waals surface area contributed by atoms with Crippen LogP contribution in [0.2, 0.25) is 0 Å². The van der Waals surface area contributed by atoms with Gasteiger partial charge < -0.3 is 10.2 Å². The van der Waals surface area contributed by atoms with Gasteiger partial charge in [0.2, 0.25) is 11.7 Å². The van der Waals surface area contributed by atoms with Crippen LogP contribution in [0.4, 0.5) is 26.1 Å². The Balaban J connectivity index is 1.77. The molecule has 0 atom stereocenters. The maximum absolute atomic E-state index is 13.6. The second kappa shape index (κ2) is 5.18. The summed E-state index contributed by atoms with van der Waals surface area (Å²) in [7, 11) is 0. The molecule has 1 fully saturated rings. The van der Waals surface area contributed by atoms with Gasteiger partial charge in [-0.15, -0.1) is 0 Å². The number of carbonyl (C=O) groups excluding carboxylic acids is 1. The molecule has 130 valence electrons. The lowest BCUT2D eigenvalue weighted by molar-refractivity contribution is -0.114. The average molecular weight is 345 g/mol. The molecule has 1 amide bonds. The van der Waals surface area contributed by atoms with Crippen molar-refractivity contribution in [2.24, 2.45) is 0 Å². The quantitative estimate of drug-likeness (QED) is 0.925. The monoisotopic (exact) mass is 345 g/mol. The third kappa shape index (κ3) is 2.71. The summed E-state index contributed by atoms with van der Waals surface area (Å²) in [5.41, 5.74) is 1.93. The molecular weight excluding hydrogens is 328 g/mol. The zero-order valence-corrected chi connectivity index (χ0v) is 13.9. The number of halogens is 2. The minimum Gasteiger partial charge on any atom is -0.325 e. The highest BCUT2D eigenvalue weighted by Gasteiger charge is 2.52. The summed E-state index contributed by atoms with van der Waals surface area (Å²) in [6.07, 6.45) is 5.17. The summed E-state index contributed by atoms with van der Waals surface area (Å²) < 4.78 is 27.2. The van der Waals surface area contributed by atoms with E-state index < -0.39 is 11.7 Å². The SMILES string of the molecule is CC(=O)Nc1cc2c(cn1)C1(CC1)CN2c1ccnc(C(C)(F)F)n1. The molecule has 25 heavy (non-hydrogen) atoms. The van der Waals surface area contributed by atoms with Crippen LogP contribution in [0, 0.1) is 0 Å². The standard InChI is InChI=1S/C17H17F2N5O/c1-10(25)22-13-7-12-11(8-21-13)17(4-5-17)9-24(12)14-3-6-20-15(23-14)16(2,18)19/h3,6-8H,4-5,9H2,1-2H3,(H,21,22,25). The Labute approximate surface area is 143 Å². The zero-order chi connectivity index (χ0) is 17.8. The van der Waals surface area contributed by atoms with Crippen LogP contribution >= 0.6 is 0 Å². The van der Waals surface area contributed by atoms with E-state index in [4.69, 9.17) is 0 Å². The highest BCUT2D eigenvalue weighted by atomic mass is 19.3. The number of nitrogens with one attached hydrogen (secondary N) is 1. The molecule has 8 heteroatoms. The van der Waals surface area contributed by atoms with Crippen molar-refractivity contribution in [3.8, 4) is 0 Å². The summed E-state index contributed by atoms with van der Waals surface area (Å²) in [6.45, 7) is 2.86. The maximum Gasteiger partial charge on any atom is 0.303 e. The van der Waals surface area contributed by atoms with Crippen molar-refractivity contribution in [2.75, 3.05) is 16.8 Å². The van der Waals surface area contributed by atoms with E-state index in [1.54, 1.807) is 18.3 Å². The average Bonchev–Trinajstić information content (AvgIpc) is 3.24. The van der Waals surface area contributed by atoms with Crippen molar-refractivity contribution >= 4 is 23.2 Å². The van der Waals surface area contributed by atoms with Gasteiger partial charge in [0.05, 0.1) is 5.69 Å². The lowest BCUT2D eigenvalue weighted by Crippen LogP contribution is -2.22. The highest BCUT2D eigenvalue weighted by molar-refractivity contribution is 5.89. The molecule has 4 rings (SSSR count). The van der Waals surface area contributed by atoms with Crippen LogP contribution in [0.3, 0.4) is 0 Å². The number of aromatic nitrogens is 3. The molecule has 0 saturated heterocycles. The van der Waals surface area contributed by atoms with Gasteiger partial charge in [0, 0.05) is 49.8 Å². The summed E-state index contributed by atoms with van der Waals surface area (Å²) >= 11 is 0. The molecule has 6 nitrogen and oxygen atoms in total. The molecule has 1 N–H and O–H groups in total. The second-order valence-corrected chi connectivity index (χ2v) is 6.76. The molecule has 0 radical (unpaired) electrons. The third-order valence-electron chi connectivity index (χ3n) is 4.67. The van der Waals surface area contributed by atoms with Gasteiger partial charge in [0.1, 0.15) is 11.6 Å². The van der Waals surface area contributed by atoms with Gasteiger partial charge in [-0.3, -0.25) is 4.79 Å². The normalized spacial score (nSPS) is 17.5. The van der Waals surface area contributed by atoms with E-state index in [9.17, 15) is 13.6 Å². The fraction of sp³-hybridized carbons (Fsp3) is 0.412. The predicted molar refractivity (Wildman–Crippen MR) is 88.1 cm³/mol. The summed E-state index contributed by atoms with van der Waals surface area (Å²) in [4.78, 5) is 25.3. The highest BCUT2D eigenvalue weighted by Crippen LogP contribution is 2.57. The molecule has 3 heterocycles. The first-order chi connectivity index (χ1) is 11.8. The zero-order valence-electron chi connectivity index (χ0n) is 13.9. The van der Waals surface area contributed by atoms with E-state index in [-0.39, 0.29) is 11.3 Å². The molecule has 1 spiro atoms. The number of amides is 1. The molecule has 1 aliphatic carbocycles. The molecule has 0 bridgehead atoms. The third-order valence-corrected chi connectivity index (χ3v) is 4.67. The number of carbonyl (C=O) groups is 1. The van der Waals surface area contributed by atoms with Crippen LogP contribution in [0.15, 0.2) is 24.5 Å². The number of rotatable bonds is 3. The first kappa shape index (κ1) is 15.9. The first-order valence-corrected chi connectivity index (χ1v) is 8.06. The van der Waals surface area contributed by atoms with Crippen LogP contribution < -0.4 is 10.2 Å². The Kier molecular flexibility index (Phi) is 3.28. The molecule has 2 aliphatic rings.